The highest BCUT2D eigenvalue weighted by Gasteiger charge is 2.23. The molecule has 1 saturated carbocycles. The Labute approximate surface area is 110 Å². The first-order chi connectivity index (χ1) is 9.15. The molecule has 0 spiro atoms. The molecule has 0 radical (unpaired) electrons. The zero-order valence-electron chi connectivity index (χ0n) is 10.6. The highest BCUT2D eigenvalue weighted by Crippen LogP contribution is 2.21. The van der Waals surface area contributed by atoms with Crippen molar-refractivity contribution in [1.82, 2.24) is 9.88 Å². The molecule has 1 aromatic heterocycles. The van der Waals surface area contributed by atoms with Crippen LogP contribution >= 0.6 is 0 Å². The number of benzene rings is 1. The van der Waals surface area contributed by atoms with Gasteiger partial charge in [-0.1, -0.05) is 18.2 Å². The molecule has 0 saturated heterocycles. The lowest BCUT2D eigenvalue weighted by atomic mass is 10.1. The van der Waals surface area contributed by atoms with Gasteiger partial charge in [-0.3, -0.25) is 4.79 Å². The summed E-state index contributed by atoms with van der Waals surface area (Å²) in [5.74, 6) is 0. The molecule has 2 amide bonds. The van der Waals surface area contributed by atoms with Crippen LogP contribution in [0.25, 0.3) is 10.8 Å². The fourth-order valence-electron chi connectivity index (χ4n) is 2.09. The van der Waals surface area contributed by atoms with E-state index in [1.165, 1.54) is 4.57 Å². The van der Waals surface area contributed by atoms with E-state index in [1.54, 1.807) is 19.3 Å². The molecule has 2 N–H and O–H groups in total. The van der Waals surface area contributed by atoms with Crippen molar-refractivity contribution in [2.24, 2.45) is 7.05 Å². The van der Waals surface area contributed by atoms with E-state index in [9.17, 15) is 9.59 Å². The first kappa shape index (κ1) is 11.8. The molecule has 0 aliphatic heterocycles. The largest absolute Gasteiger partial charge is 0.335 e. The van der Waals surface area contributed by atoms with E-state index >= 15 is 0 Å². The third-order valence-corrected chi connectivity index (χ3v) is 3.25. The lowest BCUT2D eigenvalue weighted by Gasteiger charge is -2.11. The summed E-state index contributed by atoms with van der Waals surface area (Å²) < 4.78 is 1.48. The predicted molar refractivity (Wildman–Crippen MR) is 74.4 cm³/mol. The van der Waals surface area contributed by atoms with Gasteiger partial charge in [-0.2, -0.15) is 0 Å². The summed E-state index contributed by atoms with van der Waals surface area (Å²) in [6.45, 7) is 0. The van der Waals surface area contributed by atoms with E-state index in [4.69, 9.17) is 0 Å². The summed E-state index contributed by atoms with van der Waals surface area (Å²) in [6, 6.07) is 7.36. The first-order valence-corrected chi connectivity index (χ1v) is 6.31. The number of carbonyl (C=O) groups is 1. The molecule has 19 heavy (non-hydrogen) atoms. The van der Waals surface area contributed by atoms with Crippen molar-refractivity contribution < 1.29 is 4.79 Å². The van der Waals surface area contributed by atoms with E-state index in [2.05, 4.69) is 10.6 Å². The van der Waals surface area contributed by atoms with Gasteiger partial charge in [0, 0.05) is 30.1 Å². The highest BCUT2D eigenvalue weighted by atomic mass is 16.2. The molecule has 0 atom stereocenters. The molecule has 1 aliphatic rings. The van der Waals surface area contributed by atoms with E-state index in [-0.39, 0.29) is 11.6 Å². The maximum absolute atomic E-state index is 12.0. The van der Waals surface area contributed by atoms with Crippen molar-refractivity contribution in [3.63, 3.8) is 0 Å². The minimum atomic E-state index is -0.216. The minimum Gasteiger partial charge on any atom is -0.335 e. The third-order valence-electron chi connectivity index (χ3n) is 3.25. The average molecular weight is 257 g/mol. The van der Waals surface area contributed by atoms with Gasteiger partial charge in [0.25, 0.3) is 5.56 Å². The van der Waals surface area contributed by atoms with Crippen molar-refractivity contribution in [2.75, 3.05) is 5.32 Å². The van der Waals surface area contributed by atoms with Gasteiger partial charge in [0.2, 0.25) is 0 Å². The van der Waals surface area contributed by atoms with Crippen LogP contribution < -0.4 is 16.2 Å². The van der Waals surface area contributed by atoms with Gasteiger partial charge >= 0.3 is 6.03 Å². The number of nitrogens with zero attached hydrogens (tertiary/aromatic N) is 1. The molecule has 98 valence electrons. The standard InChI is InChI=1S/C14H15N3O2/c1-17-8-12(16-14(19)15-9-6-7-9)10-4-2-3-5-11(10)13(17)18/h2-5,8-9H,6-7H2,1H3,(H2,15,16,19). The Morgan fingerprint density at radius 1 is 1.26 bits per heavy atom. The second kappa shape index (κ2) is 4.42. The Morgan fingerprint density at radius 2 is 1.95 bits per heavy atom. The smallest absolute Gasteiger partial charge is 0.319 e. The summed E-state index contributed by atoms with van der Waals surface area (Å²) in [7, 11) is 1.68. The fraction of sp³-hybridized carbons (Fsp3) is 0.286. The molecular formula is C14H15N3O2. The lowest BCUT2D eigenvalue weighted by Crippen LogP contribution is -2.31. The van der Waals surface area contributed by atoms with Gasteiger partial charge in [-0.25, -0.2) is 4.79 Å². The second-order valence-electron chi connectivity index (χ2n) is 4.88. The summed E-state index contributed by atoms with van der Waals surface area (Å²) in [5.41, 5.74) is 0.583. The Morgan fingerprint density at radius 3 is 2.63 bits per heavy atom. The Balaban J connectivity index is 2.00. The van der Waals surface area contributed by atoms with Crippen LogP contribution in [0.4, 0.5) is 10.5 Å². The molecule has 0 bridgehead atoms. The number of pyridine rings is 1. The van der Waals surface area contributed by atoms with E-state index in [0.717, 1.165) is 18.2 Å². The van der Waals surface area contributed by atoms with Crippen LogP contribution in [0.2, 0.25) is 0 Å². The molecule has 1 aliphatic carbocycles. The van der Waals surface area contributed by atoms with Crippen LogP contribution in [0.3, 0.4) is 0 Å². The number of urea groups is 1. The van der Waals surface area contributed by atoms with Crippen molar-refractivity contribution in [1.29, 1.82) is 0 Å². The van der Waals surface area contributed by atoms with E-state index in [0.29, 0.717) is 17.1 Å². The van der Waals surface area contributed by atoms with Crippen LogP contribution in [0.5, 0.6) is 0 Å². The van der Waals surface area contributed by atoms with Crippen molar-refractivity contribution in [3.05, 3.63) is 40.8 Å². The molecule has 0 unspecified atom stereocenters. The molecule has 2 aromatic rings. The number of aryl methyl sites for hydroxylation is 1. The van der Waals surface area contributed by atoms with Gasteiger partial charge in [-0.05, 0) is 18.9 Å². The fourth-order valence-corrected chi connectivity index (χ4v) is 2.09. The zero-order valence-corrected chi connectivity index (χ0v) is 10.6. The van der Waals surface area contributed by atoms with Gasteiger partial charge in [-0.15, -0.1) is 0 Å². The molecule has 5 heteroatoms. The van der Waals surface area contributed by atoms with Crippen molar-refractivity contribution >= 4 is 22.5 Å². The number of hydrogen-bond acceptors (Lipinski definition) is 2. The number of nitrogens with one attached hydrogen (secondary N) is 2. The molecule has 5 nitrogen and oxygen atoms in total. The number of rotatable bonds is 2. The molecule has 3 rings (SSSR count). The third kappa shape index (κ3) is 2.31. The molecular weight excluding hydrogens is 242 g/mol. The summed E-state index contributed by atoms with van der Waals surface area (Å²) >= 11 is 0. The van der Waals surface area contributed by atoms with Gasteiger partial charge in [0.05, 0.1) is 5.69 Å². The summed E-state index contributed by atoms with van der Waals surface area (Å²) in [4.78, 5) is 23.8. The Kier molecular flexibility index (Phi) is 2.74. The van der Waals surface area contributed by atoms with Crippen LogP contribution in [0.15, 0.2) is 35.3 Å². The molecule has 1 fully saturated rings. The SMILES string of the molecule is Cn1cc(NC(=O)NC2CC2)c2ccccc2c1=O. The predicted octanol–water partition coefficient (Wildman–Crippen LogP) is 1.82. The van der Waals surface area contributed by atoms with Crippen LogP contribution in [0, 0.1) is 0 Å². The van der Waals surface area contributed by atoms with Crippen molar-refractivity contribution in [3.8, 4) is 0 Å². The first-order valence-electron chi connectivity index (χ1n) is 6.31. The Hall–Kier alpha value is -2.30. The maximum atomic E-state index is 12.0. The number of hydrogen-bond donors (Lipinski definition) is 2. The number of carbonyl (C=O) groups excluding carboxylic acids is 1. The minimum absolute atomic E-state index is 0.0660. The molecule has 1 heterocycles. The van der Waals surface area contributed by atoms with Gasteiger partial charge in [0.15, 0.2) is 0 Å². The topological polar surface area (TPSA) is 63.1 Å². The van der Waals surface area contributed by atoms with Gasteiger partial charge in [0.1, 0.15) is 0 Å². The van der Waals surface area contributed by atoms with Crippen LogP contribution in [0.1, 0.15) is 12.8 Å². The quantitative estimate of drug-likeness (QED) is 0.862. The van der Waals surface area contributed by atoms with Crippen molar-refractivity contribution in [2.45, 2.75) is 18.9 Å². The number of fused-ring (bicyclic) bond motifs is 1. The maximum Gasteiger partial charge on any atom is 0.319 e. The Bertz CT molecular complexity index is 701. The number of anilines is 1. The summed E-state index contributed by atoms with van der Waals surface area (Å²) in [6.07, 6.45) is 3.74. The highest BCUT2D eigenvalue weighted by molar-refractivity contribution is 6.01. The monoisotopic (exact) mass is 257 g/mol. The van der Waals surface area contributed by atoms with Gasteiger partial charge < -0.3 is 15.2 Å². The number of aromatic nitrogens is 1. The second-order valence-corrected chi connectivity index (χ2v) is 4.88. The normalized spacial score (nSPS) is 14.4. The number of amides is 2. The average Bonchev–Trinajstić information content (AvgIpc) is 3.19. The van der Waals surface area contributed by atoms with Crippen LogP contribution in [-0.4, -0.2) is 16.6 Å². The summed E-state index contributed by atoms with van der Waals surface area (Å²) in [5, 5.41) is 7.04. The lowest BCUT2D eigenvalue weighted by molar-refractivity contribution is 0.251. The molecule has 1 aromatic carbocycles. The van der Waals surface area contributed by atoms with E-state index in [1.807, 2.05) is 18.2 Å². The zero-order chi connectivity index (χ0) is 13.4. The van der Waals surface area contributed by atoms with E-state index < -0.39 is 0 Å². The van der Waals surface area contributed by atoms with Crippen LogP contribution in [-0.2, 0) is 7.05 Å².